The molecule has 8 nitrogen and oxygen atoms in total. The minimum absolute atomic E-state index is 0.0435. The largest absolute Gasteiger partial charge is 0.482 e. The lowest BCUT2D eigenvalue weighted by molar-refractivity contribution is -0.125. The van der Waals surface area contributed by atoms with E-state index in [1.807, 2.05) is 6.07 Å². The van der Waals surface area contributed by atoms with Crippen LogP contribution in [0.15, 0.2) is 36.4 Å². The third-order valence-electron chi connectivity index (χ3n) is 4.77. The van der Waals surface area contributed by atoms with Crippen molar-refractivity contribution in [2.75, 3.05) is 24.8 Å². The predicted octanol–water partition coefficient (Wildman–Crippen LogP) is 2.05. The zero-order chi connectivity index (χ0) is 20.4. The number of fused-ring (bicyclic) bond motifs is 2. The highest BCUT2D eigenvalue weighted by Crippen LogP contribution is 2.34. The maximum atomic E-state index is 12.5. The normalized spacial score (nSPS) is 14.2. The fourth-order valence-corrected chi connectivity index (χ4v) is 3.20. The van der Waals surface area contributed by atoms with Crippen LogP contribution in [0.5, 0.6) is 17.2 Å². The number of hydrogen-bond acceptors (Lipinski definition) is 6. The van der Waals surface area contributed by atoms with Gasteiger partial charge >= 0.3 is 0 Å². The molecule has 8 heteroatoms. The molecule has 1 N–H and O–H groups in total. The molecule has 2 aliphatic heterocycles. The molecule has 0 spiro atoms. The molecule has 2 aliphatic rings. The van der Waals surface area contributed by atoms with Crippen molar-refractivity contribution < 1.29 is 28.6 Å². The maximum Gasteiger partial charge on any atom is 0.265 e. The van der Waals surface area contributed by atoms with Crippen LogP contribution >= 0.6 is 0 Å². The molecule has 0 atom stereocenters. The molecule has 2 aromatic carbocycles. The van der Waals surface area contributed by atoms with E-state index in [0.29, 0.717) is 34.9 Å². The first-order valence-corrected chi connectivity index (χ1v) is 9.31. The van der Waals surface area contributed by atoms with Gasteiger partial charge in [-0.1, -0.05) is 13.0 Å². The Kier molecular flexibility index (Phi) is 5.07. The molecule has 0 radical (unpaired) electrons. The van der Waals surface area contributed by atoms with Crippen LogP contribution < -0.4 is 24.4 Å². The zero-order valence-corrected chi connectivity index (χ0v) is 15.9. The van der Waals surface area contributed by atoms with Crippen molar-refractivity contribution in [3.8, 4) is 17.2 Å². The second-order valence-electron chi connectivity index (χ2n) is 6.69. The van der Waals surface area contributed by atoms with Crippen molar-refractivity contribution in [2.45, 2.75) is 19.9 Å². The number of carbonyl (C=O) groups excluding carboxylic acids is 3. The van der Waals surface area contributed by atoms with E-state index < -0.39 is 0 Å². The third-order valence-corrected chi connectivity index (χ3v) is 4.77. The van der Waals surface area contributed by atoms with Gasteiger partial charge in [-0.05, 0) is 35.9 Å². The third kappa shape index (κ3) is 3.87. The van der Waals surface area contributed by atoms with Gasteiger partial charge in [0.1, 0.15) is 12.3 Å². The Morgan fingerprint density at radius 2 is 1.83 bits per heavy atom. The van der Waals surface area contributed by atoms with Crippen molar-refractivity contribution in [2.24, 2.45) is 0 Å². The van der Waals surface area contributed by atoms with Crippen LogP contribution in [0.2, 0.25) is 0 Å². The molecule has 150 valence electrons. The van der Waals surface area contributed by atoms with Crippen LogP contribution in [0, 0.1) is 0 Å². The Balaban J connectivity index is 1.45. The zero-order valence-electron chi connectivity index (χ0n) is 15.9. The van der Waals surface area contributed by atoms with Crippen LogP contribution in [-0.2, 0) is 16.1 Å². The molecular weight excluding hydrogens is 376 g/mol. The highest BCUT2D eigenvalue weighted by molar-refractivity contribution is 6.04. The van der Waals surface area contributed by atoms with Gasteiger partial charge in [-0.25, -0.2) is 0 Å². The molecule has 0 aliphatic carbocycles. The molecule has 2 heterocycles. The first-order valence-electron chi connectivity index (χ1n) is 9.31. The van der Waals surface area contributed by atoms with E-state index in [-0.39, 0.29) is 44.1 Å². The molecule has 2 amide bonds. The smallest absolute Gasteiger partial charge is 0.265 e. The molecule has 29 heavy (non-hydrogen) atoms. The summed E-state index contributed by atoms with van der Waals surface area (Å²) >= 11 is 0. The van der Waals surface area contributed by atoms with Crippen molar-refractivity contribution in [1.82, 2.24) is 5.32 Å². The highest BCUT2D eigenvalue weighted by Gasteiger charge is 2.28. The van der Waals surface area contributed by atoms with Gasteiger partial charge in [0.2, 0.25) is 12.7 Å². The van der Waals surface area contributed by atoms with Crippen LogP contribution in [0.3, 0.4) is 0 Å². The van der Waals surface area contributed by atoms with Crippen LogP contribution in [-0.4, -0.2) is 37.5 Å². The van der Waals surface area contributed by atoms with Gasteiger partial charge in [0.15, 0.2) is 23.9 Å². The van der Waals surface area contributed by atoms with Crippen molar-refractivity contribution in [3.63, 3.8) is 0 Å². The van der Waals surface area contributed by atoms with Crippen molar-refractivity contribution in [1.29, 1.82) is 0 Å². The van der Waals surface area contributed by atoms with E-state index in [0.717, 1.165) is 5.56 Å². The summed E-state index contributed by atoms with van der Waals surface area (Å²) in [5.41, 5.74) is 1.77. The summed E-state index contributed by atoms with van der Waals surface area (Å²) in [6.07, 6.45) is 0.351. The second kappa shape index (κ2) is 7.83. The quantitative estimate of drug-likeness (QED) is 0.751. The SMILES string of the molecule is CCC(=O)c1ccc2c(c1)N(CC(=O)NCc1ccc3c(c1)OCO3)C(=O)CO2. The summed E-state index contributed by atoms with van der Waals surface area (Å²) in [6.45, 7) is 1.93. The number of amides is 2. The van der Waals surface area contributed by atoms with Gasteiger partial charge in [0.25, 0.3) is 5.91 Å². The van der Waals surface area contributed by atoms with E-state index >= 15 is 0 Å². The Morgan fingerprint density at radius 3 is 2.66 bits per heavy atom. The van der Waals surface area contributed by atoms with E-state index in [4.69, 9.17) is 14.2 Å². The lowest BCUT2D eigenvalue weighted by atomic mass is 10.1. The highest BCUT2D eigenvalue weighted by atomic mass is 16.7. The number of anilines is 1. The number of benzene rings is 2. The lowest BCUT2D eigenvalue weighted by Crippen LogP contribution is -2.45. The van der Waals surface area contributed by atoms with Gasteiger partial charge in [-0.3, -0.25) is 19.3 Å². The van der Waals surface area contributed by atoms with Crippen LogP contribution in [0.25, 0.3) is 0 Å². The number of hydrogen-bond donors (Lipinski definition) is 1. The average Bonchev–Trinajstić information content (AvgIpc) is 3.21. The van der Waals surface area contributed by atoms with E-state index in [1.54, 1.807) is 37.3 Å². The summed E-state index contributed by atoms with van der Waals surface area (Å²) in [5, 5.41) is 2.80. The van der Waals surface area contributed by atoms with Gasteiger partial charge in [-0.15, -0.1) is 0 Å². The van der Waals surface area contributed by atoms with Gasteiger partial charge in [0, 0.05) is 18.5 Å². The van der Waals surface area contributed by atoms with Crippen molar-refractivity contribution >= 4 is 23.3 Å². The maximum absolute atomic E-state index is 12.5. The van der Waals surface area contributed by atoms with Gasteiger partial charge in [-0.2, -0.15) is 0 Å². The monoisotopic (exact) mass is 396 g/mol. The van der Waals surface area contributed by atoms with E-state index in [2.05, 4.69) is 5.32 Å². The number of rotatable bonds is 6. The molecule has 0 bridgehead atoms. The molecule has 0 fully saturated rings. The predicted molar refractivity (Wildman–Crippen MR) is 103 cm³/mol. The Hall–Kier alpha value is -3.55. The number of Topliss-reactive ketones (excluding diaryl/α,β-unsaturated/α-hetero) is 1. The molecule has 0 aromatic heterocycles. The van der Waals surface area contributed by atoms with Crippen LogP contribution in [0.4, 0.5) is 5.69 Å². The Bertz CT molecular complexity index is 987. The van der Waals surface area contributed by atoms with Gasteiger partial charge < -0.3 is 19.5 Å². The molecule has 2 aromatic rings. The summed E-state index contributed by atoms with van der Waals surface area (Å²) < 4.78 is 16.0. The average molecular weight is 396 g/mol. The number of ketones is 1. The number of carbonyl (C=O) groups is 3. The number of nitrogens with zero attached hydrogens (tertiary/aromatic N) is 1. The van der Waals surface area contributed by atoms with Crippen molar-refractivity contribution in [3.05, 3.63) is 47.5 Å². The van der Waals surface area contributed by atoms with E-state index in [1.165, 1.54) is 4.90 Å². The first-order chi connectivity index (χ1) is 14.0. The fourth-order valence-electron chi connectivity index (χ4n) is 3.20. The minimum atomic E-state index is -0.336. The van der Waals surface area contributed by atoms with Gasteiger partial charge in [0.05, 0.1) is 5.69 Å². The lowest BCUT2D eigenvalue weighted by Gasteiger charge is -2.29. The molecule has 0 saturated heterocycles. The summed E-state index contributed by atoms with van der Waals surface area (Å²) in [6, 6.07) is 10.4. The molecule has 0 saturated carbocycles. The molecular formula is C21H20N2O6. The Labute approximate surface area is 167 Å². The van der Waals surface area contributed by atoms with Crippen LogP contribution in [0.1, 0.15) is 29.3 Å². The fraction of sp³-hybridized carbons (Fsp3) is 0.286. The number of ether oxygens (including phenoxy) is 3. The summed E-state index contributed by atoms with van der Waals surface area (Å²) in [5.74, 6) is 1.09. The second-order valence-corrected chi connectivity index (χ2v) is 6.69. The summed E-state index contributed by atoms with van der Waals surface area (Å²) in [7, 11) is 0. The Morgan fingerprint density at radius 1 is 1.03 bits per heavy atom. The van der Waals surface area contributed by atoms with E-state index in [9.17, 15) is 14.4 Å². The topological polar surface area (TPSA) is 94.2 Å². The minimum Gasteiger partial charge on any atom is -0.482 e. The molecule has 4 rings (SSSR count). The standard InChI is InChI=1S/C21H20N2O6/c1-2-16(24)14-4-6-17-15(8-14)23(21(26)11-27-17)10-20(25)22-9-13-3-5-18-19(7-13)29-12-28-18/h3-8H,2,9-12H2,1H3,(H,22,25). The summed E-state index contributed by atoms with van der Waals surface area (Å²) in [4.78, 5) is 38.2. The first kappa shape index (κ1) is 18.8. The number of nitrogens with one attached hydrogen (secondary N) is 1. The molecule has 0 unspecified atom stereocenters.